The van der Waals surface area contributed by atoms with Crippen LogP contribution in [0.25, 0.3) is 0 Å². The monoisotopic (exact) mass is 296 g/mol. The maximum absolute atomic E-state index is 13.4. The van der Waals surface area contributed by atoms with Crippen LogP contribution in [-0.2, 0) is 6.54 Å². The highest BCUT2D eigenvalue weighted by Gasteiger charge is 2.11. The molecule has 3 N–H and O–H groups in total. The number of rotatable bonds is 3. The number of hydrogen-bond acceptors (Lipinski definition) is 2. The van der Waals surface area contributed by atoms with Crippen LogP contribution in [0.15, 0.2) is 36.4 Å². The van der Waals surface area contributed by atoms with E-state index in [-0.39, 0.29) is 22.7 Å². The molecule has 6 heteroatoms. The van der Waals surface area contributed by atoms with Crippen LogP contribution in [0.2, 0.25) is 5.02 Å². The summed E-state index contributed by atoms with van der Waals surface area (Å²) in [6, 6.07) is 7.64. The second-order valence-electron chi connectivity index (χ2n) is 4.16. The molecule has 0 aliphatic rings. The van der Waals surface area contributed by atoms with Gasteiger partial charge in [-0.3, -0.25) is 4.79 Å². The Hall–Kier alpha value is -2.14. The van der Waals surface area contributed by atoms with Crippen LogP contribution < -0.4 is 11.1 Å². The van der Waals surface area contributed by atoms with Crippen molar-refractivity contribution in [3.63, 3.8) is 0 Å². The summed E-state index contributed by atoms with van der Waals surface area (Å²) in [6.45, 7) is -0.0638. The number of nitrogens with two attached hydrogens (primary N) is 1. The molecule has 3 nitrogen and oxygen atoms in total. The fourth-order valence-electron chi connectivity index (χ4n) is 1.65. The average Bonchev–Trinajstić information content (AvgIpc) is 2.37. The van der Waals surface area contributed by atoms with Gasteiger partial charge in [-0.15, -0.1) is 0 Å². The van der Waals surface area contributed by atoms with Gasteiger partial charge in [0.25, 0.3) is 5.91 Å². The van der Waals surface area contributed by atoms with Gasteiger partial charge in [0.1, 0.15) is 11.6 Å². The molecule has 0 bridgehead atoms. The number of nitrogen functional groups attached to an aromatic ring is 1. The van der Waals surface area contributed by atoms with Crippen LogP contribution >= 0.6 is 11.6 Å². The van der Waals surface area contributed by atoms with Crippen LogP contribution in [0.3, 0.4) is 0 Å². The van der Waals surface area contributed by atoms with Crippen molar-refractivity contribution in [1.82, 2.24) is 5.32 Å². The van der Waals surface area contributed by atoms with Crippen LogP contribution in [0.5, 0.6) is 0 Å². The predicted octanol–water partition coefficient (Wildman–Crippen LogP) is 3.13. The Bertz CT molecular complexity index is 662. The number of nitrogens with one attached hydrogen (secondary N) is 1. The lowest BCUT2D eigenvalue weighted by atomic mass is 10.1. The smallest absolute Gasteiger partial charge is 0.253 e. The van der Waals surface area contributed by atoms with E-state index < -0.39 is 17.5 Å². The van der Waals surface area contributed by atoms with Crippen LogP contribution in [0, 0.1) is 11.6 Å². The molecular formula is C14H11ClF2N2O. The molecule has 0 heterocycles. The summed E-state index contributed by atoms with van der Waals surface area (Å²) in [5.74, 6) is -1.84. The van der Waals surface area contributed by atoms with Gasteiger partial charge in [-0.25, -0.2) is 8.78 Å². The minimum Gasteiger partial charge on any atom is -0.399 e. The van der Waals surface area contributed by atoms with E-state index in [2.05, 4.69) is 5.32 Å². The zero-order chi connectivity index (χ0) is 14.7. The molecule has 2 aromatic rings. The number of anilines is 1. The van der Waals surface area contributed by atoms with E-state index in [4.69, 9.17) is 17.3 Å². The molecule has 0 fully saturated rings. The van der Waals surface area contributed by atoms with Crippen LogP contribution in [0.4, 0.5) is 14.5 Å². The van der Waals surface area contributed by atoms with E-state index in [0.717, 1.165) is 12.1 Å². The molecule has 2 rings (SSSR count). The number of hydrogen-bond donors (Lipinski definition) is 2. The maximum Gasteiger partial charge on any atom is 0.253 e. The van der Waals surface area contributed by atoms with Crippen molar-refractivity contribution < 1.29 is 13.6 Å². The lowest BCUT2D eigenvalue weighted by Crippen LogP contribution is -2.23. The van der Waals surface area contributed by atoms with Crippen molar-refractivity contribution in [3.8, 4) is 0 Å². The summed E-state index contributed by atoms with van der Waals surface area (Å²) in [5, 5.41) is 2.72. The van der Waals surface area contributed by atoms with E-state index in [1.54, 1.807) is 6.07 Å². The van der Waals surface area contributed by atoms with E-state index in [1.165, 1.54) is 18.2 Å². The van der Waals surface area contributed by atoms with Crippen LogP contribution in [0.1, 0.15) is 15.9 Å². The van der Waals surface area contributed by atoms with Gasteiger partial charge in [-0.2, -0.15) is 0 Å². The summed E-state index contributed by atoms with van der Waals surface area (Å²) in [6.07, 6.45) is 0. The fraction of sp³-hybridized carbons (Fsp3) is 0.0714. The zero-order valence-electron chi connectivity index (χ0n) is 10.3. The Labute approximate surface area is 119 Å². The van der Waals surface area contributed by atoms with E-state index >= 15 is 0 Å². The molecule has 0 aliphatic heterocycles. The molecule has 0 unspecified atom stereocenters. The van der Waals surface area contributed by atoms with Gasteiger partial charge in [-0.1, -0.05) is 17.7 Å². The molecule has 104 valence electrons. The minimum atomic E-state index is -0.714. The van der Waals surface area contributed by atoms with Crippen molar-refractivity contribution in [3.05, 3.63) is 64.2 Å². The summed E-state index contributed by atoms with van der Waals surface area (Å²) in [5.41, 5.74) is 6.39. The van der Waals surface area contributed by atoms with Crippen molar-refractivity contribution in [1.29, 1.82) is 0 Å². The van der Waals surface area contributed by atoms with Gasteiger partial charge in [0.05, 0.1) is 10.6 Å². The van der Waals surface area contributed by atoms with Gasteiger partial charge < -0.3 is 11.1 Å². The van der Waals surface area contributed by atoms with E-state index in [0.29, 0.717) is 5.69 Å². The second-order valence-corrected chi connectivity index (χ2v) is 4.56. The lowest BCUT2D eigenvalue weighted by molar-refractivity contribution is 0.0951. The van der Waals surface area contributed by atoms with Crippen molar-refractivity contribution in [2.75, 3.05) is 5.73 Å². The first-order valence-electron chi connectivity index (χ1n) is 5.74. The summed E-state index contributed by atoms with van der Waals surface area (Å²) in [4.78, 5) is 11.9. The van der Waals surface area contributed by atoms with Crippen molar-refractivity contribution >= 4 is 23.2 Å². The first-order valence-corrected chi connectivity index (χ1v) is 6.12. The van der Waals surface area contributed by atoms with Gasteiger partial charge in [-0.05, 0) is 24.3 Å². The molecule has 0 saturated carbocycles. The molecule has 0 aliphatic carbocycles. The minimum absolute atomic E-state index is 0.0638. The molecule has 0 saturated heterocycles. The maximum atomic E-state index is 13.4. The van der Waals surface area contributed by atoms with Crippen LogP contribution in [-0.4, -0.2) is 5.91 Å². The largest absolute Gasteiger partial charge is 0.399 e. The average molecular weight is 297 g/mol. The Morgan fingerprint density at radius 1 is 1.20 bits per heavy atom. The number of halogens is 3. The molecule has 0 aromatic heterocycles. The fourth-order valence-corrected chi connectivity index (χ4v) is 1.93. The lowest BCUT2D eigenvalue weighted by Gasteiger charge is -2.08. The number of benzene rings is 2. The highest BCUT2D eigenvalue weighted by Crippen LogP contribution is 2.19. The highest BCUT2D eigenvalue weighted by molar-refractivity contribution is 6.34. The Balaban J connectivity index is 2.08. The molecule has 0 atom stereocenters. The van der Waals surface area contributed by atoms with Gasteiger partial charge in [0.15, 0.2) is 0 Å². The molecule has 0 radical (unpaired) electrons. The van der Waals surface area contributed by atoms with E-state index in [9.17, 15) is 13.6 Å². The van der Waals surface area contributed by atoms with E-state index in [1.807, 2.05) is 0 Å². The highest BCUT2D eigenvalue weighted by atomic mass is 35.5. The number of carbonyl (C=O) groups excluding carboxylic acids is 1. The normalized spacial score (nSPS) is 10.3. The summed E-state index contributed by atoms with van der Waals surface area (Å²) >= 11 is 5.89. The molecular weight excluding hydrogens is 286 g/mol. The Morgan fingerprint density at radius 2 is 1.95 bits per heavy atom. The second kappa shape index (κ2) is 5.88. The Kier molecular flexibility index (Phi) is 4.20. The third kappa shape index (κ3) is 3.24. The number of carbonyl (C=O) groups is 1. The quantitative estimate of drug-likeness (QED) is 0.855. The zero-order valence-corrected chi connectivity index (χ0v) is 11.0. The van der Waals surface area contributed by atoms with Gasteiger partial charge in [0, 0.05) is 23.9 Å². The predicted molar refractivity (Wildman–Crippen MR) is 73.4 cm³/mol. The molecule has 2 aromatic carbocycles. The van der Waals surface area contributed by atoms with Gasteiger partial charge >= 0.3 is 0 Å². The number of amides is 1. The molecule has 20 heavy (non-hydrogen) atoms. The summed E-state index contributed by atoms with van der Waals surface area (Å²) in [7, 11) is 0. The Morgan fingerprint density at radius 3 is 2.60 bits per heavy atom. The topological polar surface area (TPSA) is 55.1 Å². The standard InChI is InChI=1S/C14H11ClF2N2O/c15-12-6-10(18)3-4-11(12)14(20)19-7-8-1-2-9(16)5-13(8)17/h1-6H,7,18H2,(H,19,20). The third-order valence-electron chi connectivity index (χ3n) is 2.69. The van der Waals surface area contributed by atoms with Crippen molar-refractivity contribution in [2.24, 2.45) is 0 Å². The third-order valence-corrected chi connectivity index (χ3v) is 3.00. The van der Waals surface area contributed by atoms with Gasteiger partial charge in [0.2, 0.25) is 0 Å². The first kappa shape index (κ1) is 14.3. The summed E-state index contributed by atoms with van der Waals surface area (Å²) < 4.78 is 26.1. The first-order chi connectivity index (χ1) is 9.47. The SMILES string of the molecule is Nc1ccc(C(=O)NCc2ccc(F)cc2F)c(Cl)c1. The van der Waals surface area contributed by atoms with Crippen molar-refractivity contribution in [2.45, 2.75) is 6.54 Å². The molecule has 1 amide bonds. The molecule has 0 spiro atoms.